The standard InChI is InChI=1S/C23H27N3O5/c1-15-13-18(16(2)26(15)11-12-30-3)20(27)14-31-22(28)10-6-9-21-24-19-8-5-4-7-17(19)23(29)25-21/h4-5,7-8,13H,6,9-12,14H2,1-3H3,(H,24,25,29). The van der Waals surface area contributed by atoms with E-state index in [9.17, 15) is 14.4 Å². The Labute approximate surface area is 180 Å². The number of Topliss-reactive ketones (excluding diaryl/α,β-unsaturated/α-hetero) is 1. The molecule has 164 valence electrons. The number of carbonyl (C=O) groups excluding carboxylic acids is 2. The molecule has 31 heavy (non-hydrogen) atoms. The number of hydrogen-bond donors (Lipinski definition) is 1. The zero-order valence-electron chi connectivity index (χ0n) is 18.1. The molecule has 1 N–H and O–H groups in total. The number of aromatic nitrogens is 3. The number of aryl methyl sites for hydroxylation is 2. The first kappa shape index (κ1) is 22.4. The number of benzene rings is 1. The Bertz CT molecular complexity index is 1150. The fourth-order valence-corrected chi connectivity index (χ4v) is 3.56. The predicted molar refractivity (Wildman–Crippen MR) is 116 cm³/mol. The number of methoxy groups -OCH3 is 1. The molecular formula is C23H27N3O5. The Morgan fingerprint density at radius 2 is 1.97 bits per heavy atom. The summed E-state index contributed by atoms with van der Waals surface area (Å²) < 4.78 is 12.3. The summed E-state index contributed by atoms with van der Waals surface area (Å²) >= 11 is 0. The molecule has 0 aliphatic heterocycles. The van der Waals surface area contributed by atoms with Crippen LogP contribution in [-0.4, -0.2) is 46.6 Å². The molecule has 0 amide bonds. The third-order valence-corrected chi connectivity index (χ3v) is 5.21. The minimum Gasteiger partial charge on any atom is -0.457 e. The van der Waals surface area contributed by atoms with Crippen LogP contribution in [0.5, 0.6) is 0 Å². The lowest BCUT2D eigenvalue weighted by Crippen LogP contribution is -2.16. The van der Waals surface area contributed by atoms with Gasteiger partial charge in [0.2, 0.25) is 5.78 Å². The van der Waals surface area contributed by atoms with Crippen molar-refractivity contribution in [2.45, 2.75) is 39.7 Å². The van der Waals surface area contributed by atoms with Gasteiger partial charge in [0.25, 0.3) is 5.56 Å². The molecule has 1 aromatic carbocycles. The molecule has 0 unspecified atom stereocenters. The maximum atomic E-state index is 12.5. The van der Waals surface area contributed by atoms with Crippen molar-refractivity contribution >= 4 is 22.7 Å². The zero-order valence-corrected chi connectivity index (χ0v) is 18.1. The second-order valence-corrected chi connectivity index (χ2v) is 7.40. The highest BCUT2D eigenvalue weighted by Gasteiger charge is 2.17. The average Bonchev–Trinajstić information content (AvgIpc) is 3.04. The number of carbonyl (C=O) groups is 2. The molecule has 0 aliphatic carbocycles. The minimum absolute atomic E-state index is 0.136. The first-order valence-corrected chi connectivity index (χ1v) is 10.2. The predicted octanol–water partition coefficient (Wildman–Crippen LogP) is 2.74. The number of esters is 1. The quantitative estimate of drug-likeness (QED) is 0.396. The summed E-state index contributed by atoms with van der Waals surface area (Å²) in [5.41, 5.74) is 2.77. The smallest absolute Gasteiger partial charge is 0.306 e. The molecular weight excluding hydrogens is 398 g/mol. The van der Waals surface area contributed by atoms with E-state index in [-0.39, 0.29) is 24.4 Å². The van der Waals surface area contributed by atoms with Gasteiger partial charge in [0.15, 0.2) is 6.61 Å². The molecule has 3 rings (SSSR count). The van der Waals surface area contributed by atoms with Crippen molar-refractivity contribution in [3.05, 3.63) is 63.5 Å². The van der Waals surface area contributed by atoms with Crippen LogP contribution < -0.4 is 5.56 Å². The highest BCUT2D eigenvalue weighted by Crippen LogP contribution is 2.16. The fourth-order valence-electron chi connectivity index (χ4n) is 3.56. The van der Waals surface area contributed by atoms with E-state index in [1.165, 1.54) is 0 Å². The number of para-hydroxylation sites is 1. The first-order chi connectivity index (χ1) is 14.9. The molecule has 0 saturated heterocycles. The maximum absolute atomic E-state index is 12.5. The normalized spacial score (nSPS) is 11.1. The van der Waals surface area contributed by atoms with E-state index in [4.69, 9.17) is 9.47 Å². The van der Waals surface area contributed by atoms with E-state index >= 15 is 0 Å². The van der Waals surface area contributed by atoms with Crippen molar-refractivity contribution in [3.8, 4) is 0 Å². The zero-order chi connectivity index (χ0) is 22.4. The Kier molecular flexibility index (Phi) is 7.36. The Hall–Kier alpha value is -3.26. The summed E-state index contributed by atoms with van der Waals surface area (Å²) in [5.74, 6) is -0.161. The van der Waals surface area contributed by atoms with Gasteiger partial charge in [0.1, 0.15) is 5.82 Å². The summed E-state index contributed by atoms with van der Waals surface area (Å²) in [5, 5.41) is 0.533. The van der Waals surface area contributed by atoms with Crippen LogP contribution in [0.25, 0.3) is 10.9 Å². The maximum Gasteiger partial charge on any atom is 0.306 e. The van der Waals surface area contributed by atoms with E-state index in [0.29, 0.717) is 48.3 Å². The van der Waals surface area contributed by atoms with Crippen molar-refractivity contribution in [2.24, 2.45) is 0 Å². The van der Waals surface area contributed by atoms with Gasteiger partial charge in [0, 0.05) is 43.4 Å². The molecule has 2 heterocycles. The van der Waals surface area contributed by atoms with Crippen LogP contribution in [0.3, 0.4) is 0 Å². The number of nitrogens with zero attached hydrogens (tertiary/aromatic N) is 2. The monoisotopic (exact) mass is 425 g/mol. The molecule has 0 fully saturated rings. The van der Waals surface area contributed by atoms with Crippen LogP contribution in [0, 0.1) is 13.8 Å². The Balaban J connectivity index is 1.49. The lowest BCUT2D eigenvalue weighted by molar-refractivity contribution is -0.142. The number of aromatic amines is 1. The lowest BCUT2D eigenvalue weighted by atomic mass is 10.1. The highest BCUT2D eigenvalue weighted by molar-refractivity contribution is 5.99. The van der Waals surface area contributed by atoms with Gasteiger partial charge in [-0.2, -0.15) is 0 Å². The molecule has 2 aromatic heterocycles. The van der Waals surface area contributed by atoms with Crippen molar-refractivity contribution in [2.75, 3.05) is 20.3 Å². The number of ether oxygens (including phenoxy) is 2. The highest BCUT2D eigenvalue weighted by atomic mass is 16.5. The van der Waals surface area contributed by atoms with Gasteiger partial charge in [-0.05, 0) is 38.5 Å². The third kappa shape index (κ3) is 5.46. The topological polar surface area (TPSA) is 103 Å². The van der Waals surface area contributed by atoms with E-state index in [2.05, 4.69) is 9.97 Å². The van der Waals surface area contributed by atoms with Crippen molar-refractivity contribution < 1.29 is 19.1 Å². The van der Waals surface area contributed by atoms with Gasteiger partial charge in [-0.15, -0.1) is 0 Å². The van der Waals surface area contributed by atoms with Gasteiger partial charge < -0.3 is 19.0 Å². The van der Waals surface area contributed by atoms with Crippen LogP contribution in [0.2, 0.25) is 0 Å². The van der Waals surface area contributed by atoms with Crippen LogP contribution in [-0.2, 0) is 27.2 Å². The van der Waals surface area contributed by atoms with Crippen LogP contribution in [0.15, 0.2) is 35.1 Å². The number of nitrogens with one attached hydrogen (secondary N) is 1. The van der Waals surface area contributed by atoms with E-state index in [1.54, 1.807) is 25.3 Å². The SMILES string of the molecule is COCCn1c(C)cc(C(=O)COC(=O)CCCc2nc3ccccc3c(=O)[nH]2)c1C. The number of fused-ring (bicyclic) bond motifs is 1. The first-order valence-electron chi connectivity index (χ1n) is 10.2. The Morgan fingerprint density at radius 3 is 2.74 bits per heavy atom. The van der Waals surface area contributed by atoms with Gasteiger partial charge in [-0.1, -0.05) is 12.1 Å². The summed E-state index contributed by atoms with van der Waals surface area (Å²) in [6.07, 6.45) is 1.03. The third-order valence-electron chi connectivity index (χ3n) is 5.21. The summed E-state index contributed by atoms with van der Waals surface area (Å²) in [7, 11) is 1.63. The molecule has 8 heteroatoms. The van der Waals surface area contributed by atoms with Crippen molar-refractivity contribution in [1.29, 1.82) is 0 Å². The average molecular weight is 425 g/mol. The van der Waals surface area contributed by atoms with Crippen molar-refractivity contribution in [1.82, 2.24) is 14.5 Å². The van der Waals surface area contributed by atoms with E-state index < -0.39 is 5.97 Å². The summed E-state index contributed by atoms with van der Waals surface area (Å²) in [6.45, 7) is 4.71. The number of rotatable bonds is 10. The van der Waals surface area contributed by atoms with Gasteiger partial charge in [-0.25, -0.2) is 4.98 Å². The molecule has 0 aliphatic rings. The second-order valence-electron chi connectivity index (χ2n) is 7.40. The molecule has 0 saturated carbocycles. The Morgan fingerprint density at radius 1 is 1.19 bits per heavy atom. The summed E-state index contributed by atoms with van der Waals surface area (Å²) in [4.78, 5) is 43.8. The van der Waals surface area contributed by atoms with Gasteiger partial charge in [0.05, 0.1) is 17.5 Å². The van der Waals surface area contributed by atoms with Gasteiger partial charge >= 0.3 is 5.97 Å². The molecule has 0 spiro atoms. The number of hydrogen-bond acceptors (Lipinski definition) is 6. The van der Waals surface area contributed by atoms with E-state index in [0.717, 1.165) is 11.4 Å². The fraction of sp³-hybridized carbons (Fsp3) is 0.391. The molecule has 0 atom stereocenters. The van der Waals surface area contributed by atoms with Crippen LogP contribution in [0.4, 0.5) is 0 Å². The molecule has 0 radical (unpaired) electrons. The largest absolute Gasteiger partial charge is 0.457 e. The van der Waals surface area contributed by atoms with E-state index in [1.807, 2.05) is 30.5 Å². The minimum atomic E-state index is -0.454. The number of ketones is 1. The van der Waals surface area contributed by atoms with Crippen LogP contribution >= 0.6 is 0 Å². The summed E-state index contributed by atoms with van der Waals surface area (Å²) in [6, 6.07) is 8.91. The molecule has 8 nitrogen and oxygen atoms in total. The van der Waals surface area contributed by atoms with Gasteiger partial charge in [-0.3, -0.25) is 14.4 Å². The van der Waals surface area contributed by atoms with Crippen LogP contribution in [0.1, 0.15) is 40.4 Å². The number of H-pyrrole nitrogens is 1. The lowest BCUT2D eigenvalue weighted by Gasteiger charge is -2.09. The second kappa shape index (κ2) is 10.2. The molecule has 3 aromatic rings. The van der Waals surface area contributed by atoms with Crippen molar-refractivity contribution in [3.63, 3.8) is 0 Å². The molecule has 0 bridgehead atoms.